The molecule has 1 fully saturated rings. The minimum atomic E-state index is -0.961. The topological polar surface area (TPSA) is 88.3 Å². The normalized spacial score (nSPS) is 20.0. The average Bonchev–Trinajstić information content (AvgIpc) is 2.86. The number of aromatic nitrogens is 3. The van der Waals surface area contributed by atoms with Gasteiger partial charge in [-0.15, -0.1) is 11.8 Å². The molecule has 16 heavy (non-hydrogen) atoms. The summed E-state index contributed by atoms with van der Waals surface area (Å²) in [5.41, 5.74) is 0. The Morgan fingerprint density at radius 2 is 2.38 bits per heavy atom. The van der Waals surface area contributed by atoms with Crippen LogP contribution in [0.5, 0.6) is 0 Å². The fourth-order valence-electron chi connectivity index (χ4n) is 1.44. The van der Waals surface area contributed by atoms with Gasteiger partial charge in [-0.3, -0.25) is 4.79 Å². The number of amides is 1. The molecule has 1 aromatic heterocycles. The lowest BCUT2D eigenvalue weighted by Crippen LogP contribution is -2.43. The van der Waals surface area contributed by atoms with E-state index in [0.717, 1.165) is 0 Å². The number of nitrogens with zero attached hydrogens (tertiary/aromatic N) is 4. The Kier molecular flexibility index (Phi) is 3.09. The van der Waals surface area contributed by atoms with Crippen molar-refractivity contribution in [1.82, 2.24) is 19.7 Å². The molecular weight excluding hydrogens is 232 g/mol. The molecule has 1 saturated heterocycles. The van der Waals surface area contributed by atoms with Gasteiger partial charge in [0.1, 0.15) is 25.2 Å². The number of carbonyl (C=O) groups is 2. The molecule has 2 heterocycles. The number of rotatable bonds is 3. The highest BCUT2D eigenvalue weighted by Crippen LogP contribution is 2.21. The van der Waals surface area contributed by atoms with E-state index in [0.29, 0.717) is 11.6 Å². The number of thioether (sulfide) groups is 1. The molecule has 0 aromatic carbocycles. The van der Waals surface area contributed by atoms with E-state index in [9.17, 15) is 9.59 Å². The van der Waals surface area contributed by atoms with Crippen LogP contribution in [0.25, 0.3) is 0 Å². The van der Waals surface area contributed by atoms with Gasteiger partial charge in [0, 0.05) is 5.75 Å². The van der Waals surface area contributed by atoms with Crippen LogP contribution in [0.3, 0.4) is 0 Å². The number of hydrogen-bond donors (Lipinski definition) is 1. The standard InChI is InChI=1S/C8H10N4O3S/c13-7(1-11-4-9-3-10-11)12-5-16-2-6(12)8(14)15/h3-4,6H,1-2,5H2,(H,14,15). The molecule has 1 amide bonds. The van der Waals surface area contributed by atoms with Crippen molar-refractivity contribution >= 4 is 23.6 Å². The molecule has 1 aliphatic rings. The molecule has 1 aromatic rings. The molecule has 1 unspecified atom stereocenters. The highest BCUT2D eigenvalue weighted by atomic mass is 32.2. The molecule has 8 heteroatoms. The second kappa shape index (κ2) is 4.52. The largest absolute Gasteiger partial charge is 0.480 e. The van der Waals surface area contributed by atoms with Gasteiger partial charge in [-0.05, 0) is 0 Å². The first-order valence-electron chi connectivity index (χ1n) is 4.61. The first-order chi connectivity index (χ1) is 7.68. The van der Waals surface area contributed by atoms with Gasteiger partial charge >= 0.3 is 5.97 Å². The molecule has 0 radical (unpaired) electrons. The van der Waals surface area contributed by atoms with E-state index in [2.05, 4.69) is 10.1 Å². The highest BCUT2D eigenvalue weighted by Gasteiger charge is 2.34. The average molecular weight is 242 g/mol. The van der Waals surface area contributed by atoms with E-state index in [-0.39, 0.29) is 12.5 Å². The maximum absolute atomic E-state index is 11.8. The van der Waals surface area contributed by atoms with Gasteiger partial charge in [0.05, 0.1) is 5.88 Å². The van der Waals surface area contributed by atoms with Crippen molar-refractivity contribution in [3.63, 3.8) is 0 Å². The Morgan fingerprint density at radius 3 is 3.00 bits per heavy atom. The fourth-order valence-corrected chi connectivity index (χ4v) is 2.61. The summed E-state index contributed by atoms with van der Waals surface area (Å²) in [4.78, 5) is 27.7. The first-order valence-corrected chi connectivity index (χ1v) is 5.76. The van der Waals surface area contributed by atoms with Crippen LogP contribution in [0.4, 0.5) is 0 Å². The molecule has 0 saturated carbocycles. The van der Waals surface area contributed by atoms with E-state index in [1.807, 2.05) is 0 Å². The summed E-state index contributed by atoms with van der Waals surface area (Å²) in [6.45, 7) is 0.0321. The Balaban J connectivity index is 2.01. The molecule has 0 aliphatic carbocycles. The van der Waals surface area contributed by atoms with Crippen molar-refractivity contribution in [2.24, 2.45) is 0 Å². The summed E-state index contributed by atoms with van der Waals surface area (Å²) in [6.07, 6.45) is 2.76. The SMILES string of the molecule is O=C(O)C1CSCN1C(=O)Cn1cncn1. The van der Waals surface area contributed by atoms with Crippen LogP contribution in [-0.4, -0.2) is 54.3 Å². The Bertz CT molecular complexity index is 394. The lowest BCUT2D eigenvalue weighted by molar-refractivity contribution is -0.148. The van der Waals surface area contributed by atoms with Gasteiger partial charge in [0.2, 0.25) is 5.91 Å². The number of hydrogen-bond acceptors (Lipinski definition) is 5. The number of carboxylic acids is 1. The predicted molar refractivity (Wildman–Crippen MR) is 55.6 cm³/mol. The lowest BCUT2D eigenvalue weighted by atomic mass is 10.3. The Labute approximate surface area is 95.4 Å². The van der Waals surface area contributed by atoms with Gasteiger partial charge in [0.25, 0.3) is 0 Å². The van der Waals surface area contributed by atoms with Crippen molar-refractivity contribution in [3.05, 3.63) is 12.7 Å². The smallest absolute Gasteiger partial charge is 0.327 e. The van der Waals surface area contributed by atoms with Crippen molar-refractivity contribution < 1.29 is 14.7 Å². The molecule has 1 atom stereocenters. The fraction of sp³-hybridized carbons (Fsp3) is 0.500. The van der Waals surface area contributed by atoms with E-state index < -0.39 is 12.0 Å². The zero-order chi connectivity index (χ0) is 11.5. The second-order valence-electron chi connectivity index (χ2n) is 3.31. The minimum Gasteiger partial charge on any atom is -0.480 e. The first kappa shape index (κ1) is 10.9. The van der Waals surface area contributed by atoms with E-state index in [1.54, 1.807) is 0 Å². The minimum absolute atomic E-state index is 0.0321. The van der Waals surface area contributed by atoms with Gasteiger partial charge in [0.15, 0.2) is 0 Å². The van der Waals surface area contributed by atoms with Crippen LogP contribution in [-0.2, 0) is 16.1 Å². The molecule has 1 N–H and O–H groups in total. The van der Waals surface area contributed by atoms with Gasteiger partial charge in [-0.2, -0.15) is 5.10 Å². The summed E-state index contributed by atoms with van der Waals surface area (Å²) in [5.74, 6) is -0.344. The maximum atomic E-state index is 11.8. The summed E-state index contributed by atoms with van der Waals surface area (Å²) in [7, 11) is 0. The molecule has 2 rings (SSSR count). The summed E-state index contributed by atoms with van der Waals surface area (Å²) >= 11 is 1.44. The third-order valence-corrected chi connectivity index (χ3v) is 3.26. The summed E-state index contributed by atoms with van der Waals surface area (Å²) in [5, 5.41) is 12.7. The Hall–Kier alpha value is -1.57. The summed E-state index contributed by atoms with van der Waals surface area (Å²) in [6, 6.07) is -0.721. The second-order valence-corrected chi connectivity index (χ2v) is 4.31. The lowest BCUT2D eigenvalue weighted by Gasteiger charge is -2.20. The number of carboxylic acid groups (broad SMARTS) is 1. The monoisotopic (exact) mass is 242 g/mol. The van der Waals surface area contributed by atoms with Crippen molar-refractivity contribution in [2.45, 2.75) is 12.6 Å². The van der Waals surface area contributed by atoms with Crippen LogP contribution in [0, 0.1) is 0 Å². The molecular formula is C8H10N4O3S. The van der Waals surface area contributed by atoms with Gasteiger partial charge in [-0.1, -0.05) is 0 Å². The van der Waals surface area contributed by atoms with Crippen LogP contribution >= 0.6 is 11.8 Å². The third kappa shape index (κ3) is 2.16. The van der Waals surface area contributed by atoms with Gasteiger partial charge < -0.3 is 10.0 Å². The highest BCUT2D eigenvalue weighted by molar-refractivity contribution is 7.99. The third-order valence-electron chi connectivity index (χ3n) is 2.25. The molecule has 0 bridgehead atoms. The van der Waals surface area contributed by atoms with Crippen LogP contribution in [0.1, 0.15) is 0 Å². The van der Waals surface area contributed by atoms with Crippen molar-refractivity contribution in [2.75, 3.05) is 11.6 Å². The van der Waals surface area contributed by atoms with Gasteiger partial charge in [-0.25, -0.2) is 14.5 Å². The van der Waals surface area contributed by atoms with E-state index in [4.69, 9.17) is 5.11 Å². The molecule has 1 aliphatic heterocycles. The predicted octanol–water partition coefficient (Wildman–Crippen LogP) is -0.736. The zero-order valence-electron chi connectivity index (χ0n) is 8.31. The number of aliphatic carboxylic acids is 1. The van der Waals surface area contributed by atoms with Crippen LogP contribution in [0.15, 0.2) is 12.7 Å². The molecule has 0 spiro atoms. The van der Waals surface area contributed by atoms with E-state index >= 15 is 0 Å². The van der Waals surface area contributed by atoms with Crippen molar-refractivity contribution in [1.29, 1.82) is 0 Å². The van der Waals surface area contributed by atoms with Crippen LogP contribution < -0.4 is 0 Å². The quantitative estimate of drug-likeness (QED) is 0.751. The van der Waals surface area contributed by atoms with Crippen molar-refractivity contribution in [3.8, 4) is 0 Å². The maximum Gasteiger partial charge on any atom is 0.327 e. The number of carbonyl (C=O) groups excluding carboxylic acids is 1. The summed E-state index contributed by atoms with van der Waals surface area (Å²) < 4.78 is 1.38. The molecule has 86 valence electrons. The Morgan fingerprint density at radius 1 is 1.56 bits per heavy atom. The van der Waals surface area contributed by atoms with Crippen LogP contribution in [0.2, 0.25) is 0 Å². The molecule has 7 nitrogen and oxygen atoms in total. The van der Waals surface area contributed by atoms with E-state index in [1.165, 1.54) is 34.0 Å². The zero-order valence-corrected chi connectivity index (χ0v) is 9.13.